The van der Waals surface area contributed by atoms with Gasteiger partial charge in [-0.15, -0.1) is 0 Å². The molecule has 0 bridgehead atoms. The average Bonchev–Trinajstić information content (AvgIpc) is 2.91. The zero-order valence-corrected chi connectivity index (χ0v) is 27.6. The molecule has 0 aromatic heterocycles. The van der Waals surface area contributed by atoms with Gasteiger partial charge in [0.25, 0.3) is 0 Å². The molecule has 2 nitrogen and oxygen atoms in total. The fourth-order valence-electron chi connectivity index (χ4n) is 4.40. The van der Waals surface area contributed by atoms with Crippen LogP contribution in [0.4, 0.5) is 0 Å². The summed E-state index contributed by atoms with van der Waals surface area (Å²) < 4.78 is 0. The molecule has 0 fully saturated rings. The molecule has 0 atom stereocenters. The number of benzene rings is 2. The Kier molecular flexibility index (Phi) is 24.4. The molecule has 39 heavy (non-hydrogen) atoms. The Balaban J connectivity index is 0.000000633. The van der Waals surface area contributed by atoms with Crippen LogP contribution in [0.1, 0.15) is 115 Å². The molecule has 2 rings (SSSR count). The van der Waals surface area contributed by atoms with E-state index in [-0.39, 0.29) is 0 Å². The molecule has 3 heteroatoms. The van der Waals surface area contributed by atoms with Crippen LogP contribution in [-0.4, -0.2) is 31.1 Å². The van der Waals surface area contributed by atoms with Crippen LogP contribution in [-0.2, 0) is 0 Å². The zero-order chi connectivity index (χ0) is 29.3. The summed E-state index contributed by atoms with van der Waals surface area (Å²) >= 11 is 1.85. The topological polar surface area (TPSA) is 29.3 Å². The van der Waals surface area contributed by atoms with E-state index < -0.39 is 0 Å². The highest BCUT2D eigenvalue weighted by atomic mass is 32.2. The van der Waals surface area contributed by atoms with E-state index in [2.05, 4.69) is 102 Å². The molecular formula is C36H62N2S. The maximum Gasteiger partial charge on any atom is 0.0151 e. The summed E-state index contributed by atoms with van der Waals surface area (Å²) in [5.74, 6) is 0. The molecule has 2 aromatic rings. The molecule has 0 heterocycles. The van der Waals surface area contributed by atoms with Crippen LogP contribution in [0, 0.1) is 20.8 Å². The van der Waals surface area contributed by atoms with Crippen molar-refractivity contribution in [3.63, 3.8) is 0 Å². The maximum absolute atomic E-state index is 5.49. The molecule has 2 N–H and O–H groups in total. The lowest BCUT2D eigenvalue weighted by molar-refractivity contribution is 0.271. The average molecular weight is 555 g/mol. The molecule has 222 valence electrons. The van der Waals surface area contributed by atoms with Gasteiger partial charge >= 0.3 is 0 Å². The molecule has 0 saturated carbocycles. The summed E-state index contributed by atoms with van der Waals surface area (Å²) in [6, 6.07) is 15.1. The molecule has 0 aliphatic rings. The number of hydrogen-bond donors (Lipinski definition) is 1. The first-order valence-electron chi connectivity index (χ1n) is 15.7. The Hall–Kier alpha value is -1.55. The van der Waals surface area contributed by atoms with Gasteiger partial charge in [0, 0.05) is 9.79 Å². The van der Waals surface area contributed by atoms with Crippen LogP contribution in [0.15, 0.2) is 64.4 Å². The molecule has 0 aliphatic carbocycles. The van der Waals surface area contributed by atoms with Crippen LogP contribution < -0.4 is 5.73 Å². The van der Waals surface area contributed by atoms with Crippen molar-refractivity contribution >= 4 is 11.8 Å². The van der Waals surface area contributed by atoms with Gasteiger partial charge in [-0.1, -0.05) is 113 Å². The van der Waals surface area contributed by atoms with E-state index in [1.165, 1.54) is 116 Å². The number of aryl methyl sites for hydroxylation is 3. The van der Waals surface area contributed by atoms with Gasteiger partial charge in [-0.25, -0.2) is 0 Å². The Morgan fingerprint density at radius 3 is 1.85 bits per heavy atom. The van der Waals surface area contributed by atoms with Crippen LogP contribution in [0.25, 0.3) is 0 Å². The normalized spacial score (nSPS) is 10.5. The van der Waals surface area contributed by atoms with Crippen molar-refractivity contribution in [1.29, 1.82) is 0 Å². The monoisotopic (exact) mass is 554 g/mol. The molecular weight excluding hydrogens is 492 g/mol. The standard InChI is InChI=1S/C16H34N2.C15H16S.C5H12/c1-4-13-18(14-5-2)15-9-11-16(3)10-7-6-8-12-17;1-11-8-9-15(13(3)10-11)16-14-7-5-4-6-12(14)2;1-3-5-4-2/h3-15,17H2,1-2H3;4-10H,1-3H3;3-5H2,1-2H3. The summed E-state index contributed by atoms with van der Waals surface area (Å²) in [5, 5.41) is 0. The number of nitrogens with zero attached hydrogens (tertiary/aromatic N) is 1. The third-order valence-electron chi connectivity index (χ3n) is 6.67. The Labute approximate surface area is 248 Å². The maximum atomic E-state index is 5.49. The van der Waals surface area contributed by atoms with Crippen LogP contribution >= 0.6 is 11.8 Å². The van der Waals surface area contributed by atoms with Gasteiger partial charge in [-0.2, -0.15) is 0 Å². The second-order valence-corrected chi connectivity index (χ2v) is 11.9. The van der Waals surface area contributed by atoms with Crippen LogP contribution in [0.5, 0.6) is 0 Å². The highest BCUT2D eigenvalue weighted by Gasteiger charge is 2.04. The van der Waals surface area contributed by atoms with Gasteiger partial charge in [-0.05, 0) is 115 Å². The third kappa shape index (κ3) is 20.0. The van der Waals surface area contributed by atoms with E-state index in [9.17, 15) is 0 Å². The predicted octanol–water partition coefficient (Wildman–Crippen LogP) is 10.9. The van der Waals surface area contributed by atoms with Gasteiger partial charge in [0.05, 0.1) is 0 Å². The highest BCUT2D eigenvalue weighted by Crippen LogP contribution is 2.32. The minimum atomic E-state index is 0.829. The van der Waals surface area contributed by atoms with Gasteiger partial charge in [0.1, 0.15) is 0 Å². The summed E-state index contributed by atoms with van der Waals surface area (Å²) in [5.41, 5.74) is 10.9. The number of hydrogen-bond acceptors (Lipinski definition) is 3. The molecule has 0 unspecified atom stereocenters. The fraction of sp³-hybridized carbons (Fsp3) is 0.611. The van der Waals surface area contributed by atoms with Crippen molar-refractivity contribution in [1.82, 2.24) is 4.90 Å². The Bertz CT molecular complexity index is 853. The quantitative estimate of drug-likeness (QED) is 0.156. The minimum absolute atomic E-state index is 0.829. The van der Waals surface area contributed by atoms with Gasteiger partial charge in [-0.3, -0.25) is 0 Å². The Morgan fingerprint density at radius 1 is 0.692 bits per heavy atom. The van der Waals surface area contributed by atoms with Gasteiger partial charge < -0.3 is 10.6 Å². The van der Waals surface area contributed by atoms with E-state index in [4.69, 9.17) is 5.73 Å². The first-order chi connectivity index (χ1) is 18.8. The number of unbranched alkanes of at least 4 members (excludes halogenated alkanes) is 4. The van der Waals surface area contributed by atoms with Crippen molar-refractivity contribution in [3.8, 4) is 0 Å². The molecule has 0 radical (unpaired) electrons. The first kappa shape index (κ1) is 37.5. The molecule has 0 aliphatic heterocycles. The molecule has 0 amide bonds. The number of allylic oxidation sites excluding steroid dienone is 1. The highest BCUT2D eigenvalue weighted by molar-refractivity contribution is 7.99. The molecule has 2 aromatic carbocycles. The van der Waals surface area contributed by atoms with E-state index >= 15 is 0 Å². The molecule has 0 saturated heterocycles. The summed E-state index contributed by atoms with van der Waals surface area (Å²) in [6.07, 6.45) is 14.0. The smallest absolute Gasteiger partial charge is 0.0151 e. The molecule has 0 spiro atoms. The van der Waals surface area contributed by atoms with E-state index in [1.807, 2.05) is 11.8 Å². The van der Waals surface area contributed by atoms with Gasteiger partial charge in [0.2, 0.25) is 0 Å². The second-order valence-electron chi connectivity index (χ2n) is 10.8. The van der Waals surface area contributed by atoms with Crippen molar-refractivity contribution < 1.29 is 0 Å². The third-order valence-corrected chi connectivity index (χ3v) is 8.03. The van der Waals surface area contributed by atoms with Crippen molar-refractivity contribution in [2.75, 3.05) is 26.2 Å². The first-order valence-corrected chi connectivity index (χ1v) is 16.5. The number of rotatable bonds is 17. The van der Waals surface area contributed by atoms with E-state index in [1.54, 1.807) is 0 Å². The van der Waals surface area contributed by atoms with Crippen LogP contribution in [0.3, 0.4) is 0 Å². The van der Waals surface area contributed by atoms with Crippen LogP contribution in [0.2, 0.25) is 0 Å². The lowest BCUT2D eigenvalue weighted by atomic mass is 10.0. The van der Waals surface area contributed by atoms with Crippen molar-refractivity contribution in [2.24, 2.45) is 5.73 Å². The summed E-state index contributed by atoms with van der Waals surface area (Å²) in [7, 11) is 0. The summed E-state index contributed by atoms with van der Waals surface area (Å²) in [4.78, 5) is 5.27. The SMILES string of the molecule is C=C(CCCCCN)CCCN(CCC)CCC.CCCCC.Cc1ccc(Sc2ccccc2C)c(C)c1. The minimum Gasteiger partial charge on any atom is -0.330 e. The Morgan fingerprint density at radius 2 is 1.31 bits per heavy atom. The number of nitrogens with two attached hydrogens (primary N) is 1. The van der Waals surface area contributed by atoms with E-state index in [0.29, 0.717) is 0 Å². The van der Waals surface area contributed by atoms with Crippen molar-refractivity contribution in [3.05, 3.63) is 71.3 Å². The van der Waals surface area contributed by atoms with Gasteiger partial charge in [0.15, 0.2) is 0 Å². The van der Waals surface area contributed by atoms with Crippen molar-refractivity contribution in [2.45, 2.75) is 129 Å². The lowest BCUT2D eigenvalue weighted by Gasteiger charge is -2.20. The van der Waals surface area contributed by atoms with E-state index in [0.717, 1.165) is 13.0 Å². The summed E-state index contributed by atoms with van der Waals surface area (Å²) in [6.45, 7) is 24.2. The second kappa shape index (κ2) is 25.4. The largest absolute Gasteiger partial charge is 0.330 e. The predicted molar refractivity (Wildman–Crippen MR) is 179 cm³/mol. The lowest BCUT2D eigenvalue weighted by Crippen LogP contribution is -2.26. The fourth-order valence-corrected chi connectivity index (χ4v) is 5.37. The zero-order valence-electron chi connectivity index (χ0n) is 26.8.